The van der Waals surface area contributed by atoms with Crippen LogP contribution in [0.25, 0.3) is 17.0 Å². The first kappa shape index (κ1) is 24.2. The smallest absolute Gasteiger partial charge is 0.246 e. The van der Waals surface area contributed by atoms with Crippen molar-refractivity contribution in [1.29, 1.82) is 0 Å². The van der Waals surface area contributed by atoms with E-state index in [-0.39, 0.29) is 29.7 Å². The summed E-state index contributed by atoms with van der Waals surface area (Å²) in [7, 11) is 1.78. The number of hydrogen-bond donors (Lipinski definition) is 2. The Balaban J connectivity index is 1.31. The molecule has 2 N–H and O–H groups in total. The molecule has 0 radical (unpaired) electrons. The maximum absolute atomic E-state index is 12.7. The summed E-state index contributed by atoms with van der Waals surface area (Å²) in [6, 6.07) is 13.5. The number of nitrogens with zero attached hydrogens (tertiary/aromatic N) is 3. The number of pyridine rings is 1. The van der Waals surface area contributed by atoms with Gasteiger partial charge in [-0.1, -0.05) is 18.2 Å². The van der Waals surface area contributed by atoms with Gasteiger partial charge in [-0.25, -0.2) is 4.98 Å². The molecule has 1 atom stereocenters. The average molecular weight is 474 g/mol. The minimum absolute atomic E-state index is 0.0474. The fourth-order valence-electron chi connectivity index (χ4n) is 4.27. The minimum atomic E-state index is -0.126. The summed E-state index contributed by atoms with van der Waals surface area (Å²) in [5.74, 6) is 0.194. The highest BCUT2D eigenvalue weighted by atomic mass is 16.2. The van der Waals surface area contributed by atoms with E-state index in [1.807, 2.05) is 37.3 Å². The third kappa shape index (κ3) is 5.77. The highest BCUT2D eigenvalue weighted by molar-refractivity contribution is 5.93. The molecule has 3 aromatic rings. The van der Waals surface area contributed by atoms with Crippen LogP contribution in [0, 0.1) is 5.92 Å². The first-order valence-electron chi connectivity index (χ1n) is 11.9. The maximum Gasteiger partial charge on any atom is 0.246 e. The van der Waals surface area contributed by atoms with Crippen LogP contribution in [0.3, 0.4) is 0 Å². The summed E-state index contributed by atoms with van der Waals surface area (Å²) in [6.07, 6.45) is 6.17. The van der Waals surface area contributed by atoms with Gasteiger partial charge >= 0.3 is 0 Å². The molecule has 3 amide bonds. The van der Waals surface area contributed by atoms with Crippen LogP contribution in [-0.4, -0.2) is 57.6 Å². The second-order valence-corrected chi connectivity index (χ2v) is 9.02. The van der Waals surface area contributed by atoms with E-state index in [0.717, 1.165) is 22.2 Å². The van der Waals surface area contributed by atoms with Gasteiger partial charge in [-0.05, 0) is 61.1 Å². The summed E-state index contributed by atoms with van der Waals surface area (Å²) < 4.78 is 0. The molecule has 0 aliphatic carbocycles. The van der Waals surface area contributed by atoms with E-state index in [4.69, 9.17) is 0 Å². The van der Waals surface area contributed by atoms with Crippen LogP contribution >= 0.6 is 0 Å². The molecule has 3 heterocycles. The number of carbonyl (C=O) groups excluding carboxylic acids is 3. The minimum Gasteiger partial charge on any atom is -0.357 e. The number of piperidine rings is 1. The van der Waals surface area contributed by atoms with Gasteiger partial charge in [-0.15, -0.1) is 0 Å². The van der Waals surface area contributed by atoms with Crippen LogP contribution in [0.4, 0.5) is 5.82 Å². The number of anilines is 1. The highest BCUT2D eigenvalue weighted by Gasteiger charge is 2.26. The quantitative estimate of drug-likeness (QED) is 0.529. The van der Waals surface area contributed by atoms with Crippen molar-refractivity contribution in [3.05, 3.63) is 66.0 Å². The van der Waals surface area contributed by atoms with Crippen molar-refractivity contribution in [2.45, 2.75) is 32.7 Å². The Morgan fingerprint density at radius 3 is 2.57 bits per heavy atom. The van der Waals surface area contributed by atoms with Gasteiger partial charge in [-0.2, -0.15) is 0 Å². The van der Waals surface area contributed by atoms with Crippen LogP contribution in [0.1, 0.15) is 44.0 Å². The fourth-order valence-corrected chi connectivity index (χ4v) is 4.27. The maximum atomic E-state index is 12.7. The van der Waals surface area contributed by atoms with Gasteiger partial charge in [0.25, 0.3) is 0 Å². The largest absolute Gasteiger partial charge is 0.357 e. The third-order valence-corrected chi connectivity index (χ3v) is 6.70. The first-order valence-corrected chi connectivity index (χ1v) is 11.9. The lowest BCUT2D eigenvalue weighted by Crippen LogP contribution is -2.40. The van der Waals surface area contributed by atoms with E-state index in [1.165, 1.54) is 6.08 Å². The molecule has 182 valence electrons. The van der Waals surface area contributed by atoms with E-state index < -0.39 is 0 Å². The van der Waals surface area contributed by atoms with E-state index >= 15 is 0 Å². The number of likely N-dealkylation sites (tertiary alicyclic amines) is 1. The molecular formula is C27H31N5O3. The van der Waals surface area contributed by atoms with Gasteiger partial charge in [0.05, 0.1) is 6.04 Å². The Morgan fingerprint density at radius 1 is 1.17 bits per heavy atom. The molecule has 1 aliphatic heterocycles. The predicted molar refractivity (Wildman–Crippen MR) is 136 cm³/mol. The van der Waals surface area contributed by atoms with Crippen molar-refractivity contribution in [2.24, 2.45) is 5.92 Å². The monoisotopic (exact) mass is 473 g/mol. The van der Waals surface area contributed by atoms with E-state index in [0.29, 0.717) is 31.7 Å². The van der Waals surface area contributed by atoms with Gasteiger partial charge < -0.3 is 20.1 Å². The molecule has 4 rings (SSSR count). The van der Waals surface area contributed by atoms with Crippen molar-refractivity contribution in [2.75, 3.05) is 25.5 Å². The number of para-hydroxylation sites is 1. The van der Waals surface area contributed by atoms with Crippen LogP contribution < -0.4 is 5.32 Å². The first-order chi connectivity index (χ1) is 16.8. The summed E-state index contributed by atoms with van der Waals surface area (Å²) in [5.41, 5.74) is 2.78. The van der Waals surface area contributed by atoms with Crippen molar-refractivity contribution < 1.29 is 14.4 Å². The van der Waals surface area contributed by atoms with Crippen LogP contribution in [-0.2, 0) is 14.4 Å². The van der Waals surface area contributed by atoms with Crippen molar-refractivity contribution >= 4 is 40.5 Å². The number of likely N-dealkylation sites (N-methyl/N-ethyl adjacent to an activating group) is 1. The summed E-state index contributed by atoms with van der Waals surface area (Å²) in [5, 5.41) is 3.97. The topological polar surface area (TPSA) is 98.4 Å². The summed E-state index contributed by atoms with van der Waals surface area (Å²) in [4.78, 5) is 47.8. The average Bonchev–Trinajstić information content (AvgIpc) is 3.31. The Labute approximate surface area is 205 Å². The Kier molecular flexibility index (Phi) is 7.29. The van der Waals surface area contributed by atoms with Gasteiger partial charge in [0.1, 0.15) is 5.82 Å². The van der Waals surface area contributed by atoms with Crippen LogP contribution in [0.15, 0.2) is 54.7 Å². The number of hydrogen-bond acceptors (Lipinski definition) is 4. The molecule has 8 heteroatoms. The summed E-state index contributed by atoms with van der Waals surface area (Å²) in [6.45, 7) is 4.74. The molecule has 2 aromatic heterocycles. The molecule has 1 saturated heterocycles. The molecule has 1 unspecified atom stereocenters. The SMILES string of the molecule is CC(=O)N1CCC(C(=O)Nc2ccc(/C=C/C(=O)N(C)C(C)c3cc4ccccc4[nH]3)cn2)CC1. The Morgan fingerprint density at radius 2 is 1.91 bits per heavy atom. The van der Waals surface area contributed by atoms with Crippen molar-refractivity contribution in [1.82, 2.24) is 19.8 Å². The predicted octanol–water partition coefficient (Wildman–Crippen LogP) is 3.99. The standard InChI is InChI=1S/C27H31N5O3/c1-18(24-16-22-6-4-5-7-23(22)29-24)31(3)26(34)11-9-20-8-10-25(28-17-20)30-27(35)21-12-14-32(15-13-21)19(2)33/h4-11,16-18,21,29H,12-15H2,1-3H3,(H,28,30,35)/b11-9+. The lowest BCUT2D eigenvalue weighted by molar-refractivity contribution is -0.132. The van der Waals surface area contributed by atoms with Gasteiger partial charge in [0.2, 0.25) is 17.7 Å². The van der Waals surface area contributed by atoms with E-state index in [9.17, 15) is 14.4 Å². The van der Waals surface area contributed by atoms with Gasteiger partial charge in [0.15, 0.2) is 0 Å². The Bertz CT molecular complexity index is 1210. The zero-order valence-corrected chi connectivity index (χ0v) is 20.3. The highest BCUT2D eigenvalue weighted by Crippen LogP contribution is 2.24. The number of aromatic nitrogens is 2. The molecule has 1 aromatic carbocycles. The Hall–Kier alpha value is -3.94. The fraction of sp³-hybridized carbons (Fsp3) is 0.333. The molecule has 35 heavy (non-hydrogen) atoms. The number of aromatic amines is 1. The second-order valence-electron chi connectivity index (χ2n) is 9.02. The molecule has 8 nitrogen and oxygen atoms in total. The lowest BCUT2D eigenvalue weighted by Gasteiger charge is -2.30. The number of H-pyrrole nitrogens is 1. The molecule has 0 spiro atoms. The number of benzene rings is 1. The van der Waals surface area contributed by atoms with E-state index in [2.05, 4.69) is 21.4 Å². The number of fused-ring (bicyclic) bond motifs is 1. The van der Waals surface area contributed by atoms with Crippen LogP contribution in [0.5, 0.6) is 0 Å². The number of nitrogens with one attached hydrogen (secondary N) is 2. The van der Waals surface area contributed by atoms with Crippen LogP contribution in [0.2, 0.25) is 0 Å². The normalized spacial score (nSPS) is 15.3. The van der Waals surface area contributed by atoms with Crippen molar-refractivity contribution in [3.8, 4) is 0 Å². The zero-order chi connectivity index (χ0) is 24.9. The molecule has 0 bridgehead atoms. The van der Waals surface area contributed by atoms with Gasteiger partial charge in [0, 0.05) is 56.5 Å². The molecule has 1 aliphatic rings. The molecular weight excluding hydrogens is 442 g/mol. The lowest BCUT2D eigenvalue weighted by atomic mass is 9.96. The number of amides is 3. The second kappa shape index (κ2) is 10.5. The van der Waals surface area contributed by atoms with E-state index in [1.54, 1.807) is 42.1 Å². The van der Waals surface area contributed by atoms with Gasteiger partial charge in [-0.3, -0.25) is 14.4 Å². The summed E-state index contributed by atoms with van der Waals surface area (Å²) >= 11 is 0. The molecule has 0 saturated carbocycles. The molecule has 1 fully saturated rings. The zero-order valence-electron chi connectivity index (χ0n) is 20.3. The third-order valence-electron chi connectivity index (χ3n) is 6.70. The number of rotatable bonds is 6. The van der Waals surface area contributed by atoms with Crippen molar-refractivity contribution in [3.63, 3.8) is 0 Å². The number of carbonyl (C=O) groups is 3.